The van der Waals surface area contributed by atoms with Gasteiger partial charge in [-0.3, -0.25) is 4.79 Å². The van der Waals surface area contributed by atoms with Gasteiger partial charge in [0.1, 0.15) is 0 Å². The number of hydrogen-bond donors (Lipinski definition) is 2. The summed E-state index contributed by atoms with van der Waals surface area (Å²) < 4.78 is 4.89. The van der Waals surface area contributed by atoms with Crippen molar-refractivity contribution in [3.8, 4) is 0 Å². The Morgan fingerprint density at radius 3 is 3.07 bits per heavy atom. The van der Waals surface area contributed by atoms with Crippen LogP contribution in [0.15, 0.2) is 4.52 Å². The molecule has 15 heavy (non-hydrogen) atoms. The third-order valence-electron chi connectivity index (χ3n) is 1.82. The molecule has 6 nitrogen and oxygen atoms in total. The van der Waals surface area contributed by atoms with Gasteiger partial charge in [-0.05, 0) is 18.4 Å². The molecule has 1 amide bonds. The number of hydrogen-bond acceptors (Lipinski definition) is 6. The highest BCUT2D eigenvalue weighted by Crippen LogP contribution is 2.13. The number of carbonyl (C=O) groups excluding carboxylic acids is 1. The van der Waals surface area contributed by atoms with E-state index in [0.29, 0.717) is 5.89 Å². The lowest BCUT2D eigenvalue weighted by molar-refractivity contribution is 0.0950. The maximum atomic E-state index is 11.1. The first-order valence-electron chi connectivity index (χ1n) is 4.49. The van der Waals surface area contributed by atoms with E-state index in [2.05, 4.69) is 15.5 Å². The number of thioether (sulfide) groups is 1. The number of carbonyl (C=O) groups is 1. The van der Waals surface area contributed by atoms with Crippen LogP contribution in [0.3, 0.4) is 0 Å². The highest BCUT2D eigenvalue weighted by atomic mass is 32.2. The van der Waals surface area contributed by atoms with Crippen LogP contribution in [0.4, 0.5) is 0 Å². The second kappa shape index (κ2) is 5.72. The predicted octanol–water partition coefficient (Wildman–Crippen LogP) is 0.182. The van der Waals surface area contributed by atoms with Gasteiger partial charge in [0, 0.05) is 7.05 Å². The van der Waals surface area contributed by atoms with Crippen molar-refractivity contribution in [2.24, 2.45) is 5.73 Å². The fourth-order valence-electron chi connectivity index (χ4n) is 0.958. The molecule has 1 heterocycles. The molecule has 0 unspecified atom stereocenters. The third-order valence-corrected chi connectivity index (χ3v) is 2.47. The van der Waals surface area contributed by atoms with Gasteiger partial charge in [-0.15, -0.1) is 0 Å². The van der Waals surface area contributed by atoms with Crippen LogP contribution in [-0.2, 0) is 0 Å². The van der Waals surface area contributed by atoms with E-state index in [1.54, 1.807) is 11.8 Å². The molecule has 1 aromatic heterocycles. The quantitative estimate of drug-likeness (QED) is 0.749. The fourth-order valence-corrected chi connectivity index (χ4v) is 1.45. The van der Waals surface area contributed by atoms with Crippen molar-refractivity contribution in [2.45, 2.75) is 12.5 Å². The smallest absolute Gasteiger partial charge is 0.292 e. The fraction of sp³-hybridized carbons (Fsp3) is 0.625. The summed E-state index contributed by atoms with van der Waals surface area (Å²) >= 11 is 1.69. The van der Waals surface area contributed by atoms with Crippen molar-refractivity contribution in [2.75, 3.05) is 19.1 Å². The highest BCUT2D eigenvalue weighted by molar-refractivity contribution is 7.98. The van der Waals surface area contributed by atoms with Gasteiger partial charge >= 0.3 is 0 Å². The van der Waals surface area contributed by atoms with Crippen LogP contribution in [-0.4, -0.2) is 35.1 Å². The number of nitrogens with zero attached hydrogens (tertiary/aromatic N) is 2. The summed E-state index contributed by atoms with van der Waals surface area (Å²) in [6.07, 6.45) is 2.74. The Labute approximate surface area is 92.0 Å². The van der Waals surface area contributed by atoms with Gasteiger partial charge in [-0.2, -0.15) is 16.7 Å². The Kier molecular flexibility index (Phi) is 4.57. The lowest BCUT2D eigenvalue weighted by Gasteiger charge is -2.03. The van der Waals surface area contributed by atoms with Gasteiger partial charge in [0.05, 0.1) is 6.04 Å². The van der Waals surface area contributed by atoms with Crippen LogP contribution < -0.4 is 11.1 Å². The van der Waals surface area contributed by atoms with Crippen LogP contribution in [0, 0.1) is 0 Å². The molecule has 0 bridgehead atoms. The molecule has 0 saturated carbocycles. The molecule has 1 atom stereocenters. The average molecular weight is 230 g/mol. The SMILES string of the molecule is CNC(=O)c1noc([C@H](N)CCSC)n1. The largest absolute Gasteiger partial charge is 0.352 e. The first-order chi connectivity index (χ1) is 7.19. The average Bonchev–Trinajstić information content (AvgIpc) is 2.74. The minimum absolute atomic E-state index is 0.0205. The van der Waals surface area contributed by atoms with Crippen molar-refractivity contribution in [1.82, 2.24) is 15.5 Å². The van der Waals surface area contributed by atoms with Crippen molar-refractivity contribution in [3.05, 3.63) is 11.7 Å². The maximum absolute atomic E-state index is 11.1. The predicted molar refractivity (Wildman–Crippen MR) is 57.6 cm³/mol. The molecule has 0 spiro atoms. The lowest BCUT2D eigenvalue weighted by Crippen LogP contribution is -2.19. The Morgan fingerprint density at radius 2 is 2.47 bits per heavy atom. The Morgan fingerprint density at radius 1 is 1.73 bits per heavy atom. The van der Waals surface area contributed by atoms with Crippen molar-refractivity contribution in [3.63, 3.8) is 0 Å². The van der Waals surface area contributed by atoms with Crippen LogP contribution in [0.1, 0.15) is 29.0 Å². The standard InChI is InChI=1S/C8H14N4O2S/c1-10-7(13)6-11-8(14-12-6)5(9)3-4-15-2/h5H,3-4,9H2,1-2H3,(H,10,13)/t5-/m1/s1. The molecular weight excluding hydrogens is 216 g/mol. The van der Waals surface area contributed by atoms with E-state index in [4.69, 9.17) is 10.3 Å². The van der Waals surface area contributed by atoms with Gasteiger partial charge in [-0.25, -0.2) is 0 Å². The van der Waals surface area contributed by atoms with Gasteiger partial charge in [-0.1, -0.05) is 5.16 Å². The van der Waals surface area contributed by atoms with E-state index in [-0.39, 0.29) is 17.8 Å². The summed E-state index contributed by atoms with van der Waals surface area (Å²) in [5.41, 5.74) is 5.79. The first kappa shape index (κ1) is 12.0. The minimum Gasteiger partial charge on any atom is -0.352 e. The molecule has 0 saturated heterocycles. The zero-order valence-electron chi connectivity index (χ0n) is 8.69. The summed E-state index contributed by atoms with van der Waals surface area (Å²) in [5.74, 6) is 0.871. The molecule has 1 aromatic rings. The summed E-state index contributed by atoms with van der Waals surface area (Å²) in [4.78, 5) is 15.0. The first-order valence-corrected chi connectivity index (χ1v) is 5.88. The Balaban J connectivity index is 2.62. The van der Waals surface area contributed by atoms with Crippen molar-refractivity contribution >= 4 is 17.7 Å². The molecule has 0 aliphatic heterocycles. The molecule has 84 valence electrons. The van der Waals surface area contributed by atoms with E-state index in [1.807, 2.05) is 6.26 Å². The molecule has 1 rings (SSSR count). The van der Waals surface area contributed by atoms with E-state index in [1.165, 1.54) is 7.05 Å². The number of nitrogens with one attached hydrogen (secondary N) is 1. The molecule has 0 radical (unpaired) electrons. The zero-order valence-corrected chi connectivity index (χ0v) is 9.50. The zero-order chi connectivity index (χ0) is 11.3. The number of nitrogens with two attached hydrogens (primary N) is 1. The van der Waals surface area contributed by atoms with E-state index in [0.717, 1.165) is 12.2 Å². The van der Waals surface area contributed by atoms with Gasteiger partial charge in [0.25, 0.3) is 11.7 Å². The maximum Gasteiger partial charge on any atom is 0.292 e. The lowest BCUT2D eigenvalue weighted by atomic mass is 10.2. The number of aromatic nitrogens is 2. The van der Waals surface area contributed by atoms with Crippen LogP contribution in [0.25, 0.3) is 0 Å². The van der Waals surface area contributed by atoms with E-state index in [9.17, 15) is 4.79 Å². The normalized spacial score (nSPS) is 12.5. The second-order valence-electron chi connectivity index (χ2n) is 2.92. The molecule has 0 aliphatic carbocycles. The topological polar surface area (TPSA) is 94.0 Å². The molecule has 3 N–H and O–H groups in total. The monoisotopic (exact) mass is 230 g/mol. The van der Waals surface area contributed by atoms with E-state index >= 15 is 0 Å². The van der Waals surface area contributed by atoms with Crippen LogP contribution >= 0.6 is 11.8 Å². The Hall–Kier alpha value is -1.08. The molecule has 7 heteroatoms. The summed E-state index contributed by atoms with van der Waals surface area (Å²) in [6, 6.07) is -0.302. The molecule has 0 aliphatic rings. The summed E-state index contributed by atoms with van der Waals surface area (Å²) in [6.45, 7) is 0. The minimum atomic E-state index is -0.373. The van der Waals surface area contributed by atoms with Gasteiger partial charge in [0.2, 0.25) is 5.89 Å². The van der Waals surface area contributed by atoms with Gasteiger partial charge in [0.15, 0.2) is 0 Å². The number of amides is 1. The molecular formula is C8H14N4O2S. The van der Waals surface area contributed by atoms with Crippen molar-refractivity contribution in [1.29, 1.82) is 0 Å². The molecule has 0 fully saturated rings. The molecule has 0 aromatic carbocycles. The van der Waals surface area contributed by atoms with Crippen LogP contribution in [0.2, 0.25) is 0 Å². The van der Waals surface area contributed by atoms with E-state index < -0.39 is 0 Å². The summed E-state index contributed by atoms with van der Waals surface area (Å²) in [5, 5.41) is 5.94. The summed E-state index contributed by atoms with van der Waals surface area (Å²) in [7, 11) is 1.51. The van der Waals surface area contributed by atoms with Crippen LogP contribution in [0.5, 0.6) is 0 Å². The number of rotatable bonds is 5. The Bertz CT molecular complexity index is 328. The second-order valence-corrected chi connectivity index (χ2v) is 3.91. The van der Waals surface area contributed by atoms with Crippen molar-refractivity contribution < 1.29 is 9.32 Å². The third kappa shape index (κ3) is 3.21. The highest BCUT2D eigenvalue weighted by Gasteiger charge is 2.17. The van der Waals surface area contributed by atoms with Gasteiger partial charge < -0.3 is 15.6 Å².